The molecule has 0 spiro atoms. The largest absolute Gasteiger partial charge is 0.497 e. The molecule has 0 saturated heterocycles. The lowest BCUT2D eigenvalue weighted by Gasteiger charge is -2.18. The number of nitrogen functional groups attached to an aromatic ring is 1. The molecule has 8 heteroatoms. The van der Waals surface area contributed by atoms with Crippen molar-refractivity contribution in [3.05, 3.63) is 75.9 Å². The van der Waals surface area contributed by atoms with Crippen LogP contribution in [0.4, 0.5) is 5.82 Å². The van der Waals surface area contributed by atoms with Gasteiger partial charge in [0.1, 0.15) is 28.0 Å². The fourth-order valence-electron chi connectivity index (χ4n) is 3.81. The van der Waals surface area contributed by atoms with Crippen molar-refractivity contribution in [3.8, 4) is 11.5 Å². The number of hydrogen-bond acceptors (Lipinski definition) is 7. The number of carbonyl (C=O) groups excluding carboxylic acids is 1. The van der Waals surface area contributed by atoms with E-state index in [1.807, 2.05) is 62.4 Å². The third kappa shape index (κ3) is 4.61. The molecule has 0 aliphatic heterocycles. The normalized spacial score (nSPS) is 11.9. The molecule has 2 aromatic heterocycles. The number of ether oxygens (including phenoxy) is 2. The Morgan fingerprint density at radius 2 is 1.88 bits per heavy atom. The van der Waals surface area contributed by atoms with Crippen molar-refractivity contribution in [2.45, 2.75) is 26.3 Å². The number of benzene rings is 2. The Kier molecular flexibility index (Phi) is 6.46. The first-order chi connectivity index (χ1) is 15.9. The van der Waals surface area contributed by atoms with Crippen molar-refractivity contribution in [1.29, 1.82) is 0 Å². The number of rotatable bonds is 7. The zero-order valence-electron chi connectivity index (χ0n) is 19.0. The lowest BCUT2D eigenvalue weighted by atomic mass is 10.1. The first-order valence-corrected chi connectivity index (χ1v) is 11.3. The molecule has 0 bridgehead atoms. The summed E-state index contributed by atoms with van der Waals surface area (Å²) in [6.07, 6.45) is 0.576. The zero-order valence-corrected chi connectivity index (χ0v) is 19.8. The molecule has 7 nitrogen and oxygen atoms in total. The predicted molar refractivity (Wildman–Crippen MR) is 131 cm³/mol. The predicted octanol–water partition coefficient (Wildman–Crippen LogP) is 4.68. The maximum absolute atomic E-state index is 13.2. The number of aromatic nitrogens is 2. The first-order valence-electron chi connectivity index (χ1n) is 10.5. The second-order valence-electron chi connectivity index (χ2n) is 7.73. The van der Waals surface area contributed by atoms with Crippen LogP contribution < -0.4 is 20.5 Å². The van der Waals surface area contributed by atoms with Gasteiger partial charge in [0.05, 0.1) is 30.5 Å². The number of amides is 1. The van der Waals surface area contributed by atoms with Crippen LogP contribution in [0.25, 0.3) is 10.2 Å². The molecule has 0 saturated carbocycles. The van der Waals surface area contributed by atoms with Crippen LogP contribution >= 0.6 is 11.3 Å². The zero-order chi connectivity index (χ0) is 23.5. The van der Waals surface area contributed by atoms with E-state index in [1.165, 1.54) is 11.3 Å². The Hall–Kier alpha value is -3.65. The summed E-state index contributed by atoms with van der Waals surface area (Å²) < 4.78 is 10.8. The number of anilines is 1. The van der Waals surface area contributed by atoms with Gasteiger partial charge in [-0.2, -0.15) is 0 Å². The highest BCUT2D eigenvalue weighted by atomic mass is 32.1. The Morgan fingerprint density at radius 3 is 2.58 bits per heavy atom. The number of methoxy groups -OCH3 is 2. The van der Waals surface area contributed by atoms with Crippen LogP contribution in [0.1, 0.15) is 45.2 Å². The minimum Gasteiger partial charge on any atom is -0.497 e. The Balaban J connectivity index is 1.62. The van der Waals surface area contributed by atoms with Crippen LogP contribution in [0.3, 0.4) is 0 Å². The van der Waals surface area contributed by atoms with E-state index in [9.17, 15) is 4.79 Å². The minimum absolute atomic E-state index is 0.197. The Labute approximate surface area is 196 Å². The van der Waals surface area contributed by atoms with Crippen LogP contribution in [-0.2, 0) is 6.42 Å². The summed E-state index contributed by atoms with van der Waals surface area (Å²) in [5.41, 5.74) is 8.99. The molecule has 3 N–H and O–H groups in total. The third-order valence-corrected chi connectivity index (χ3v) is 6.71. The van der Waals surface area contributed by atoms with Crippen molar-refractivity contribution in [2.75, 3.05) is 20.0 Å². The van der Waals surface area contributed by atoms with Gasteiger partial charge < -0.3 is 20.5 Å². The van der Waals surface area contributed by atoms with Crippen molar-refractivity contribution in [1.82, 2.24) is 15.3 Å². The van der Waals surface area contributed by atoms with Gasteiger partial charge in [-0.1, -0.05) is 30.3 Å². The van der Waals surface area contributed by atoms with Crippen LogP contribution in [0, 0.1) is 6.92 Å². The Bertz CT molecular complexity index is 1300. The highest BCUT2D eigenvalue weighted by molar-refractivity contribution is 7.20. The van der Waals surface area contributed by atoms with Gasteiger partial charge in [0, 0.05) is 12.0 Å². The number of thiophene rings is 1. The Morgan fingerprint density at radius 1 is 1.12 bits per heavy atom. The molecule has 33 heavy (non-hydrogen) atoms. The molecule has 2 heterocycles. The molecule has 0 unspecified atom stereocenters. The first kappa shape index (κ1) is 22.5. The number of nitrogens with one attached hydrogen (secondary N) is 1. The molecule has 0 fully saturated rings. The fourth-order valence-corrected chi connectivity index (χ4v) is 4.92. The summed E-state index contributed by atoms with van der Waals surface area (Å²) in [5, 5.41) is 3.79. The lowest BCUT2D eigenvalue weighted by Crippen LogP contribution is -2.26. The summed E-state index contributed by atoms with van der Waals surface area (Å²) in [7, 11) is 3.21. The topological polar surface area (TPSA) is 99.4 Å². The van der Waals surface area contributed by atoms with Gasteiger partial charge in [-0.05, 0) is 43.2 Å². The molecular formula is C25H26N4O3S. The molecule has 4 aromatic rings. The maximum atomic E-state index is 13.2. The van der Waals surface area contributed by atoms with Gasteiger partial charge in [-0.15, -0.1) is 11.3 Å². The van der Waals surface area contributed by atoms with E-state index in [-0.39, 0.29) is 11.9 Å². The van der Waals surface area contributed by atoms with Gasteiger partial charge in [-0.25, -0.2) is 9.97 Å². The molecule has 0 aliphatic carbocycles. The number of fused-ring (bicyclic) bond motifs is 1. The van der Waals surface area contributed by atoms with E-state index in [0.29, 0.717) is 39.3 Å². The molecule has 2 aromatic carbocycles. The molecule has 170 valence electrons. The van der Waals surface area contributed by atoms with Crippen LogP contribution in [0.2, 0.25) is 0 Å². The number of nitrogens with two attached hydrogens (primary N) is 1. The van der Waals surface area contributed by atoms with E-state index >= 15 is 0 Å². The highest BCUT2D eigenvalue weighted by Gasteiger charge is 2.22. The number of carbonyl (C=O) groups is 1. The second kappa shape index (κ2) is 9.46. The van der Waals surface area contributed by atoms with Gasteiger partial charge >= 0.3 is 0 Å². The average Bonchev–Trinajstić information content (AvgIpc) is 3.16. The summed E-state index contributed by atoms with van der Waals surface area (Å²) in [6, 6.07) is 15.2. The summed E-state index contributed by atoms with van der Waals surface area (Å²) in [4.78, 5) is 23.7. The highest BCUT2D eigenvalue weighted by Crippen LogP contribution is 2.34. The van der Waals surface area contributed by atoms with Gasteiger partial charge in [-0.3, -0.25) is 4.79 Å². The van der Waals surface area contributed by atoms with Crippen molar-refractivity contribution >= 4 is 33.3 Å². The molecule has 0 radical (unpaired) electrons. The van der Waals surface area contributed by atoms with E-state index in [0.717, 1.165) is 22.1 Å². The van der Waals surface area contributed by atoms with Crippen LogP contribution in [0.5, 0.6) is 11.5 Å². The van der Waals surface area contributed by atoms with E-state index < -0.39 is 0 Å². The van der Waals surface area contributed by atoms with Crippen LogP contribution in [-0.4, -0.2) is 30.1 Å². The van der Waals surface area contributed by atoms with E-state index in [4.69, 9.17) is 20.2 Å². The lowest BCUT2D eigenvalue weighted by molar-refractivity contribution is 0.0943. The van der Waals surface area contributed by atoms with E-state index in [2.05, 4.69) is 10.3 Å². The molecular weight excluding hydrogens is 436 g/mol. The minimum atomic E-state index is -0.302. The standard InChI is InChI=1S/C25H26N4O3S/c1-14-21-23(26)28-20(12-16-8-6-5-7-9-16)29-25(21)33-22(14)24(30)27-15(2)18-13-17(31-3)10-11-19(18)32-4/h5-11,13,15H,12H2,1-4H3,(H,27,30)(H2,26,28,29)/t15-/m0/s1. The van der Waals surface area contributed by atoms with Gasteiger partial charge in [0.2, 0.25) is 0 Å². The summed E-state index contributed by atoms with van der Waals surface area (Å²) in [6.45, 7) is 3.78. The van der Waals surface area contributed by atoms with Crippen molar-refractivity contribution in [2.24, 2.45) is 0 Å². The molecule has 1 amide bonds. The number of aryl methyl sites for hydroxylation is 1. The average molecular weight is 463 g/mol. The SMILES string of the molecule is COc1ccc(OC)c([C@H](C)NC(=O)c2sc3nc(Cc4ccccc4)nc(N)c3c2C)c1. The fraction of sp³-hybridized carbons (Fsp3) is 0.240. The quantitative estimate of drug-likeness (QED) is 0.414. The summed E-state index contributed by atoms with van der Waals surface area (Å²) >= 11 is 1.33. The van der Waals surface area contributed by atoms with E-state index in [1.54, 1.807) is 14.2 Å². The van der Waals surface area contributed by atoms with Gasteiger partial charge in [0.25, 0.3) is 5.91 Å². The smallest absolute Gasteiger partial charge is 0.262 e. The maximum Gasteiger partial charge on any atom is 0.262 e. The summed E-state index contributed by atoms with van der Waals surface area (Å²) in [5.74, 6) is 2.20. The molecule has 1 atom stereocenters. The second-order valence-corrected chi connectivity index (χ2v) is 8.73. The third-order valence-electron chi connectivity index (χ3n) is 5.53. The van der Waals surface area contributed by atoms with Crippen molar-refractivity contribution in [3.63, 3.8) is 0 Å². The van der Waals surface area contributed by atoms with Gasteiger partial charge in [0.15, 0.2) is 0 Å². The molecule has 0 aliphatic rings. The number of hydrogen-bond donors (Lipinski definition) is 2. The molecule has 4 rings (SSSR count). The number of nitrogens with zero attached hydrogens (tertiary/aromatic N) is 2. The van der Waals surface area contributed by atoms with Crippen LogP contribution in [0.15, 0.2) is 48.5 Å². The van der Waals surface area contributed by atoms with Crippen molar-refractivity contribution < 1.29 is 14.3 Å². The monoisotopic (exact) mass is 462 g/mol.